The Labute approximate surface area is 217 Å². The number of carbonyl (C=O) groups is 3. The summed E-state index contributed by atoms with van der Waals surface area (Å²) in [6.07, 6.45) is 1.81. The minimum absolute atomic E-state index is 0.145. The minimum atomic E-state index is -0.553. The Kier molecular flexibility index (Phi) is 7.83. The van der Waals surface area contributed by atoms with E-state index in [1.165, 1.54) is 20.8 Å². The van der Waals surface area contributed by atoms with Crippen molar-refractivity contribution in [1.82, 2.24) is 0 Å². The normalized spacial score (nSPS) is 10.8. The van der Waals surface area contributed by atoms with Crippen molar-refractivity contribution in [3.05, 3.63) is 106 Å². The Morgan fingerprint density at radius 3 is 1.84 bits per heavy atom. The van der Waals surface area contributed by atoms with E-state index >= 15 is 0 Å². The van der Waals surface area contributed by atoms with E-state index in [0.29, 0.717) is 36.0 Å². The predicted molar refractivity (Wildman–Crippen MR) is 144 cm³/mol. The van der Waals surface area contributed by atoms with Gasteiger partial charge in [0, 0.05) is 25.8 Å². The summed E-state index contributed by atoms with van der Waals surface area (Å²) < 4.78 is 11.5. The van der Waals surface area contributed by atoms with Crippen molar-refractivity contribution in [2.45, 2.75) is 47.0 Å². The summed E-state index contributed by atoms with van der Waals surface area (Å²) in [5.74, 6) is -0.804. The number of esters is 2. The first kappa shape index (κ1) is 25.8. The van der Waals surface area contributed by atoms with Crippen LogP contribution in [-0.4, -0.2) is 17.7 Å². The van der Waals surface area contributed by atoms with Gasteiger partial charge in [0.2, 0.25) is 0 Å². The standard InChI is InChI=1S/C32H30O5/c1-20-17-27-19-26(16-15-24-11-7-5-8-12-24)29(21(2)33)32(37-23(4)35)30(27)31(36-22(3)34)28(20)18-25-13-9-6-10-14-25/h5-14,17,19H,15-16,18H2,1-4H3. The number of hydrogen-bond acceptors (Lipinski definition) is 5. The zero-order valence-corrected chi connectivity index (χ0v) is 21.6. The van der Waals surface area contributed by atoms with Gasteiger partial charge in [-0.3, -0.25) is 14.4 Å². The van der Waals surface area contributed by atoms with Gasteiger partial charge in [-0.1, -0.05) is 66.7 Å². The summed E-state index contributed by atoms with van der Waals surface area (Å²) in [4.78, 5) is 37.5. The Hall–Kier alpha value is -4.25. The van der Waals surface area contributed by atoms with Crippen LogP contribution in [0.15, 0.2) is 72.8 Å². The van der Waals surface area contributed by atoms with Crippen molar-refractivity contribution in [3.8, 4) is 11.5 Å². The molecule has 4 rings (SSSR count). The highest BCUT2D eigenvalue weighted by atomic mass is 16.5. The number of rotatable bonds is 8. The van der Waals surface area contributed by atoms with E-state index in [1.54, 1.807) is 0 Å². The van der Waals surface area contributed by atoms with E-state index in [2.05, 4.69) is 0 Å². The molecule has 0 bridgehead atoms. The van der Waals surface area contributed by atoms with Crippen molar-refractivity contribution < 1.29 is 23.9 Å². The summed E-state index contributed by atoms with van der Waals surface area (Å²) >= 11 is 0. The van der Waals surface area contributed by atoms with E-state index in [4.69, 9.17) is 9.47 Å². The highest BCUT2D eigenvalue weighted by Crippen LogP contribution is 2.43. The van der Waals surface area contributed by atoms with E-state index in [0.717, 1.165) is 33.2 Å². The van der Waals surface area contributed by atoms with E-state index in [-0.39, 0.29) is 11.5 Å². The van der Waals surface area contributed by atoms with Crippen LogP contribution in [0.1, 0.15) is 58.9 Å². The molecule has 0 spiro atoms. The fraction of sp³-hybridized carbons (Fsp3) is 0.219. The largest absolute Gasteiger partial charge is 0.426 e. The Balaban J connectivity index is 1.99. The molecule has 0 amide bonds. The van der Waals surface area contributed by atoms with Crippen LogP contribution in [0.2, 0.25) is 0 Å². The molecule has 0 N–H and O–H groups in total. The quantitative estimate of drug-likeness (QED) is 0.157. The van der Waals surface area contributed by atoms with Crippen LogP contribution in [0, 0.1) is 6.92 Å². The minimum Gasteiger partial charge on any atom is -0.426 e. The average Bonchev–Trinajstić information content (AvgIpc) is 2.85. The second kappa shape index (κ2) is 11.2. The number of carbonyl (C=O) groups excluding carboxylic acids is 3. The first-order chi connectivity index (χ1) is 17.7. The summed E-state index contributed by atoms with van der Waals surface area (Å²) in [6, 6.07) is 23.8. The van der Waals surface area contributed by atoms with Gasteiger partial charge in [-0.2, -0.15) is 0 Å². The Morgan fingerprint density at radius 2 is 1.27 bits per heavy atom. The van der Waals surface area contributed by atoms with Crippen LogP contribution in [0.3, 0.4) is 0 Å². The maximum atomic E-state index is 13.0. The molecule has 0 aliphatic carbocycles. The SMILES string of the molecule is CC(=O)Oc1c(Cc2ccccc2)c(C)cc2cc(CCc3ccccc3)c(C(C)=O)c(OC(C)=O)c12. The number of fused-ring (bicyclic) bond motifs is 1. The zero-order chi connectivity index (χ0) is 26.5. The first-order valence-electron chi connectivity index (χ1n) is 12.3. The monoisotopic (exact) mass is 494 g/mol. The number of aryl methyl sites for hydroxylation is 3. The molecule has 0 radical (unpaired) electrons. The highest BCUT2D eigenvalue weighted by Gasteiger charge is 2.26. The van der Waals surface area contributed by atoms with Gasteiger partial charge in [-0.15, -0.1) is 0 Å². The van der Waals surface area contributed by atoms with Crippen molar-refractivity contribution >= 4 is 28.5 Å². The second-order valence-electron chi connectivity index (χ2n) is 9.23. The first-order valence-corrected chi connectivity index (χ1v) is 12.3. The van der Waals surface area contributed by atoms with Crippen LogP contribution in [0.25, 0.3) is 10.8 Å². The molecule has 0 fully saturated rings. The molecule has 37 heavy (non-hydrogen) atoms. The fourth-order valence-corrected chi connectivity index (χ4v) is 4.76. The third kappa shape index (κ3) is 5.95. The third-order valence-corrected chi connectivity index (χ3v) is 6.34. The number of Topliss-reactive ketones (excluding diaryl/α,β-unsaturated/α-hetero) is 1. The molecular weight excluding hydrogens is 464 g/mol. The van der Waals surface area contributed by atoms with Crippen molar-refractivity contribution in [3.63, 3.8) is 0 Å². The van der Waals surface area contributed by atoms with Crippen LogP contribution in [-0.2, 0) is 28.9 Å². The molecule has 0 saturated heterocycles. The molecule has 5 heteroatoms. The molecule has 0 aromatic heterocycles. The Morgan fingerprint density at radius 1 is 0.703 bits per heavy atom. The molecule has 0 aliphatic heterocycles. The molecule has 5 nitrogen and oxygen atoms in total. The van der Waals surface area contributed by atoms with Gasteiger partial charge in [-0.05, 0) is 60.4 Å². The molecule has 0 saturated carbocycles. The van der Waals surface area contributed by atoms with Gasteiger partial charge in [0.1, 0.15) is 5.75 Å². The summed E-state index contributed by atoms with van der Waals surface area (Å²) in [5.41, 5.74) is 5.03. The third-order valence-electron chi connectivity index (χ3n) is 6.34. The number of ether oxygens (including phenoxy) is 2. The van der Waals surface area contributed by atoms with Gasteiger partial charge in [0.25, 0.3) is 0 Å². The van der Waals surface area contributed by atoms with Crippen LogP contribution in [0.5, 0.6) is 11.5 Å². The molecule has 0 heterocycles. The Bertz CT molecular complexity index is 1470. The van der Waals surface area contributed by atoms with E-state index in [1.807, 2.05) is 79.7 Å². The lowest BCUT2D eigenvalue weighted by molar-refractivity contribution is -0.132. The topological polar surface area (TPSA) is 69.7 Å². The van der Waals surface area contributed by atoms with Gasteiger partial charge in [0.05, 0.1) is 10.9 Å². The van der Waals surface area contributed by atoms with Crippen LogP contribution < -0.4 is 9.47 Å². The number of hydrogen-bond donors (Lipinski definition) is 0. The van der Waals surface area contributed by atoms with E-state index in [9.17, 15) is 14.4 Å². The molecule has 4 aromatic rings. The van der Waals surface area contributed by atoms with Crippen molar-refractivity contribution in [2.24, 2.45) is 0 Å². The maximum absolute atomic E-state index is 13.0. The van der Waals surface area contributed by atoms with Gasteiger partial charge >= 0.3 is 11.9 Å². The maximum Gasteiger partial charge on any atom is 0.308 e. The molecule has 0 atom stereocenters. The molecule has 0 unspecified atom stereocenters. The number of ketones is 1. The van der Waals surface area contributed by atoms with Crippen LogP contribution in [0.4, 0.5) is 0 Å². The second-order valence-corrected chi connectivity index (χ2v) is 9.23. The van der Waals surface area contributed by atoms with Crippen molar-refractivity contribution in [2.75, 3.05) is 0 Å². The smallest absolute Gasteiger partial charge is 0.308 e. The predicted octanol–water partition coefficient (Wildman–Crippen LogP) is 6.58. The molecule has 188 valence electrons. The fourth-order valence-electron chi connectivity index (χ4n) is 4.76. The van der Waals surface area contributed by atoms with Crippen molar-refractivity contribution in [1.29, 1.82) is 0 Å². The lowest BCUT2D eigenvalue weighted by atomic mass is 9.89. The highest BCUT2D eigenvalue weighted by molar-refractivity contribution is 6.09. The van der Waals surface area contributed by atoms with Crippen LogP contribution >= 0.6 is 0 Å². The van der Waals surface area contributed by atoms with Gasteiger partial charge < -0.3 is 9.47 Å². The lowest BCUT2D eigenvalue weighted by Crippen LogP contribution is -2.13. The van der Waals surface area contributed by atoms with E-state index < -0.39 is 11.9 Å². The zero-order valence-electron chi connectivity index (χ0n) is 21.6. The molecule has 0 aliphatic rings. The van der Waals surface area contributed by atoms with Gasteiger partial charge in [0.15, 0.2) is 11.5 Å². The number of benzene rings is 4. The summed E-state index contributed by atoms with van der Waals surface area (Å²) in [6.45, 7) is 6.08. The summed E-state index contributed by atoms with van der Waals surface area (Å²) in [5, 5.41) is 1.20. The molecule has 4 aromatic carbocycles. The average molecular weight is 495 g/mol. The summed E-state index contributed by atoms with van der Waals surface area (Å²) in [7, 11) is 0. The lowest BCUT2D eigenvalue weighted by Gasteiger charge is -2.21. The molecular formula is C32H30O5. The van der Waals surface area contributed by atoms with Gasteiger partial charge in [-0.25, -0.2) is 0 Å².